The van der Waals surface area contributed by atoms with E-state index in [1.807, 2.05) is 89.5 Å². The van der Waals surface area contributed by atoms with E-state index in [-0.39, 0.29) is 13.2 Å². The summed E-state index contributed by atoms with van der Waals surface area (Å²) in [6, 6.07) is 28.1. The Bertz CT molecular complexity index is 1960. The van der Waals surface area contributed by atoms with E-state index < -0.39 is 27.2 Å². The molecule has 0 saturated heterocycles. The molecule has 0 fully saturated rings. The van der Waals surface area contributed by atoms with Crippen molar-refractivity contribution in [3.05, 3.63) is 95.8 Å². The summed E-state index contributed by atoms with van der Waals surface area (Å²) in [5, 5.41) is 2.78. The van der Waals surface area contributed by atoms with Crippen molar-refractivity contribution in [1.29, 1.82) is 0 Å². The van der Waals surface area contributed by atoms with Crippen LogP contribution in [0.5, 0.6) is 5.75 Å². The molecule has 2 N–H and O–H groups in total. The van der Waals surface area contributed by atoms with Crippen LogP contribution in [0, 0.1) is 0 Å². The lowest BCUT2D eigenvalue weighted by molar-refractivity contribution is -0.663. The summed E-state index contributed by atoms with van der Waals surface area (Å²) in [7, 11) is -4.21. The summed E-state index contributed by atoms with van der Waals surface area (Å²) in [6.07, 6.45) is 3.13. The minimum absolute atomic E-state index is 0.0622. The summed E-state index contributed by atoms with van der Waals surface area (Å²) in [6.45, 7) is 0.761. The Morgan fingerprint density at radius 3 is 2.56 bits per heavy atom. The SMILES string of the molecule is O=S(O)OCCCCN1C(=Cc2sc3ccc4ccccc4c3[n+]2CCS(=O)(=O)O)Oc2ccc(-c3ccccc3)cc21. The van der Waals surface area contributed by atoms with Crippen molar-refractivity contribution in [3.8, 4) is 16.9 Å². The first kappa shape index (κ1) is 29.4. The lowest BCUT2D eigenvalue weighted by atomic mass is 10.0. The van der Waals surface area contributed by atoms with Crippen LogP contribution in [0.1, 0.15) is 17.8 Å². The van der Waals surface area contributed by atoms with Gasteiger partial charge in [0.05, 0.1) is 23.8 Å². The Labute approximate surface area is 255 Å². The second-order valence-electron chi connectivity index (χ2n) is 10.0. The van der Waals surface area contributed by atoms with Gasteiger partial charge in [-0.2, -0.15) is 17.2 Å². The van der Waals surface area contributed by atoms with Gasteiger partial charge in [0.2, 0.25) is 11.4 Å². The van der Waals surface area contributed by atoms with Crippen LogP contribution in [0.4, 0.5) is 5.69 Å². The van der Waals surface area contributed by atoms with E-state index in [0.717, 1.165) is 42.8 Å². The van der Waals surface area contributed by atoms with Gasteiger partial charge in [0.1, 0.15) is 10.5 Å². The van der Waals surface area contributed by atoms with Crippen LogP contribution in [0.25, 0.3) is 38.2 Å². The molecular weight excluding hydrogens is 609 g/mol. The van der Waals surface area contributed by atoms with E-state index in [1.165, 1.54) is 11.3 Å². The molecule has 12 heteroatoms. The Morgan fingerprint density at radius 2 is 1.77 bits per heavy atom. The zero-order valence-electron chi connectivity index (χ0n) is 23.0. The van der Waals surface area contributed by atoms with E-state index in [4.69, 9.17) is 13.5 Å². The topological polar surface area (TPSA) is 117 Å². The van der Waals surface area contributed by atoms with Crippen LogP contribution >= 0.6 is 11.3 Å². The van der Waals surface area contributed by atoms with E-state index in [9.17, 15) is 17.2 Å². The van der Waals surface area contributed by atoms with E-state index in [1.54, 1.807) is 0 Å². The van der Waals surface area contributed by atoms with Gasteiger partial charge in [-0.25, -0.2) is 0 Å². The van der Waals surface area contributed by atoms with Gasteiger partial charge in [-0.3, -0.25) is 13.3 Å². The van der Waals surface area contributed by atoms with E-state index in [2.05, 4.69) is 11.0 Å². The standard InChI is InChI=1S/C31H28N2O7S3/c34-42(35)39-18-7-6-16-32-26-20-24(22-8-2-1-3-9-22)12-14-27(26)40-29(32)21-30-33(17-19-43(36,37)38)31-25-11-5-4-10-23(25)13-15-28(31)41-30/h1-5,8-15,20-21H,6-7,16-19H2,(H-,34,35,36,37,38)/p+1. The van der Waals surface area contributed by atoms with Gasteiger partial charge in [0, 0.05) is 6.54 Å². The number of benzene rings is 4. The minimum Gasteiger partial charge on any atom is -0.438 e. The average Bonchev–Trinajstić information content (AvgIpc) is 3.52. The number of rotatable bonds is 11. The third-order valence-corrected chi connectivity index (χ3v) is 9.39. The number of nitrogens with zero attached hydrogens (tertiary/aromatic N) is 2. The van der Waals surface area contributed by atoms with Crippen molar-refractivity contribution in [2.24, 2.45) is 0 Å². The van der Waals surface area contributed by atoms with Gasteiger partial charge in [-0.15, -0.1) is 0 Å². The molecule has 4 aromatic carbocycles. The number of thiazole rings is 1. The second-order valence-corrected chi connectivity index (χ2v) is 13.3. The molecule has 9 nitrogen and oxygen atoms in total. The van der Waals surface area contributed by atoms with E-state index in [0.29, 0.717) is 31.0 Å². The first-order valence-electron chi connectivity index (χ1n) is 13.7. The molecular formula is C31H29N2O7S3+. The maximum atomic E-state index is 11.8. The van der Waals surface area contributed by atoms with Crippen molar-refractivity contribution in [2.45, 2.75) is 19.4 Å². The van der Waals surface area contributed by atoms with Crippen molar-refractivity contribution in [2.75, 3.05) is 23.8 Å². The molecule has 0 bridgehead atoms. The molecule has 0 spiro atoms. The van der Waals surface area contributed by atoms with Gasteiger partial charge < -0.3 is 9.64 Å². The number of aryl methyl sites for hydroxylation is 1. The third kappa shape index (κ3) is 6.64. The lowest BCUT2D eigenvalue weighted by Gasteiger charge is -2.18. The zero-order chi connectivity index (χ0) is 30.0. The fraction of sp³-hybridized carbons (Fsp3) is 0.194. The van der Waals surface area contributed by atoms with Crippen LogP contribution in [-0.4, -0.2) is 40.6 Å². The highest BCUT2D eigenvalue weighted by molar-refractivity contribution is 7.85. The molecule has 1 unspecified atom stereocenters. The average molecular weight is 638 g/mol. The highest BCUT2D eigenvalue weighted by Crippen LogP contribution is 2.42. The molecule has 1 atom stereocenters. The maximum absolute atomic E-state index is 11.8. The smallest absolute Gasteiger partial charge is 0.301 e. The van der Waals surface area contributed by atoms with Gasteiger partial charge >= 0.3 is 11.4 Å². The molecule has 6 rings (SSSR count). The number of anilines is 1. The summed E-state index contributed by atoms with van der Waals surface area (Å²) in [4.78, 5) is 2.06. The molecule has 1 aliphatic rings. The van der Waals surface area contributed by atoms with Crippen molar-refractivity contribution in [3.63, 3.8) is 0 Å². The van der Waals surface area contributed by atoms with Crippen molar-refractivity contribution in [1.82, 2.24) is 0 Å². The van der Waals surface area contributed by atoms with Gasteiger partial charge in [0.15, 0.2) is 12.3 Å². The molecule has 222 valence electrons. The monoisotopic (exact) mass is 637 g/mol. The van der Waals surface area contributed by atoms with Crippen molar-refractivity contribution < 1.29 is 35.2 Å². The number of aromatic nitrogens is 1. The Hall–Kier alpha value is -3.65. The molecule has 0 amide bonds. The van der Waals surface area contributed by atoms with Crippen LogP contribution < -0.4 is 14.2 Å². The van der Waals surface area contributed by atoms with Crippen LogP contribution in [0.3, 0.4) is 0 Å². The first-order valence-corrected chi connectivity index (χ1v) is 17.1. The minimum atomic E-state index is -4.21. The normalized spacial score (nSPS) is 14.8. The number of hydrogen-bond acceptors (Lipinski definition) is 7. The largest absolute Gasteiger partial charge is 0.438 e. The Kier molecular flexibility index (Phi) is 8.57. The predicted octanol–water partition coefficient (Wildman–Crippen LogP) is 6.03. The van der Waals surface area contributed by atoms with Crippen molar-refractivity contribution >= 4 is 65.6 Å². The molecule has 2 heterocycles. The van der Waals surface area contributed by atoms with Gasteiger partial charge in [-0.1, -0.05) is 72.0 Å². The number of hydrogen-bond donors (Lipinski definition) is 2. The van der Waals surface area contributed by atoms with Gasteiger partial charge in [-0.05, 0) is 53.6 Å². The molecule has 1 aromatic heterocycles. The zero-order valence-corrected chi connectivity index (χ0v) is 25.4. The third-order valence-electron chi connectivity index (χ3n) is 7.23. The highest BCUT2D eigenvalue weighted by Gasteiger charge is 2.30. The number of fused-ring (bicyclic) bond motifs is 4. The molecule has 1 aliphatic heterocycles. The maximum Gasteiger partial charge on any atom is 0.301 e. The highest BCUT2D eigenvalue weighted by atomic mass is 32.2. The fourth-order valence-electron chi connectivity index (χ4n) is 5.27. The summed E-state index contributed by atoms with van der Waals surface area (Å²) in [5.74, 6) is 0.832. The number of unbranched alkanes of at least 4 members (excludes halogenated alkanes) is 1. The lowest BCUT2D eigenvalue weighted by Crippen LogP contribution is -2.39. The summed E-state index contributed by atoms with van der Waals surface area (Å²) < 4.78 is 67.1. The van der Waals surface area contributed by atoms with Crippen LogP contribution in [0.2, 0.25) is 0 Å². The Morgan fingerprint density at radius 1 is 0.977 bits per heavy atom. The molecule has 43 heavy (non-hydrogen) atoms. The second kappa shape index (κ2) is 12.5. The summed E-state index contributed by atoms with van der Waals surface area (Å²) >= 11 is -0.792. The fourth-order valence-corrected chi connectivity index (χ4v) is 7.07. The quantitative estimate of drug-likeness (QED) is 0.0781. The Balaban J connectivity index is 1.42. The van der Waals surface area contributed by atoms with E-state index >= 15 is 0 Å². The van der Waals surface area contributed by atoms with Crippen LogP contribution in [0.15, 0.2) is 90.8 Å². The predicted molar refractivity (Wildman–Crippen MR) is 170 cm³/mol. The van der Waals surface area contributed by atoms with Gasteiger partial charge in [0.25, 0.3) is 15.1 Å². The first-order chi connectivity index (χ1) is 20.8. The molecule has 5 aromatic rings. The number of ether oxygens (including phenoxy) is 1. The molecule has 0 radical (unpaired) electrons. The molecule has 0 aliphatic carbocycles. The molecule has 0 saturated carbocycles. The summed E-state index contributed by atoms with van der Waals surface area (Å²) in [5.41, 5.74) is 3.88. The van der Waals surface area contributed by atoms with Crippen LogP contribution in [-0.2, 0) is 32.2 Å².